The molecule has 1 aromatic carbocycles. The van der Waals surface area contributed by atoms with Crippen molar-refractivity contribution in [3.05, 3.63) is 29.8 Å². The first-order valence-corrected chi connectivity index (χ1v) is 6.32. The number of ether oxygens (including phenoxy) is 1. The summed E-state index contributed by atoms with van der Waals surface area (Å²) in [5.41, 5.74) is 0.902. The average Bonchev–Trinajstić information content (AvgIpc) is 2.37. The van der Waals surface area contributed by atoms with Gasteiger partial charge in [-0.3, -0.25) is 9.59 Å². The Morgan fingerprint density at radius 1 is 1.26 bits per heavy atom. The van der Waals surface area contributed by atoms with Gasteiger partial charge in [0.1, 0.15) is 5.75 Å². The number of nitrogens with one attached hydrogen (secondary N) is 1. The first kappa shape index (κ1) is 15.0. The zero-order valence-electron chi connectivity index (χ0n) is 11.0. The van der Waals surface area contributed by atoms with Crippen LogP contribution in [0.5, 0.6) is 5.75 Å². The summed E-state index contributed by atoms with van der Waals surface area (Å²) in [6.45, 7) is 2.92. The molecule has 0 aliphatic rings. The van der Waals surface area contributed by atoms with Crippen LogP contribution in [0.25, 0.3) is 0 Å². The fourth-order valence-electron chi connectivity index (χ4n) is 1.59. The lowest BCUT2D eigenvalue weighted by Crippen LogP contribution is -2.26. The number of carboxylic acids is 1. The highest BCUT2D eigenvalue weighted by Crippen LogP contribution is 2.12. The molecular weight excluding hydrogens is 246 g/mol. The lowest BCUT2D eigenvalue weighted by Gasteiger charge is -2.06. The second kappa shape index (κ2) is 8.13. The molecule has 1 rings (SSSR count). The molecular formula is C14H19NO4. The quantitative estimate of drug-likeness (QED) is 0.700. The van der Waals surface area contributed by atoms with Crippen LogP contribution in [0, 0.1) is 0 Å². The van der Waals surface area contributed by atoms with E-state index < -0.39 is 5.97 Å². The van der Waals surface area contributed by atoms with Gasteiger partial charge >= 0.3 is 5.97 Å². The van der Waals surface area contributed by atoms with Gasteiger partial charge in [-0.2, -0.15) is 0 Å². The topological polar surface area (TPSA) is 75.6 Å². The van der Waals surface area contributed by atoms with Crippen LogP contribution in [0.3, 0.4) is 0 Å². The number of hydrogen-bond acceptors (Lipinski definition) is 3. The number of carbonyl (C=O) groups excluding carboxylic acids is 1. The van der Waals surface area contributed by atoms with Gasteiger partial charge in [0.15, 0.2) is 0 Å². The summed E-state index contributed by atoms with van der Waals surface area (Å²) in [6, 6.07) is 7.36. The summed E-state index contributed by atoms with van der Waals surface area (Å²) in [6.07, 6.45) is 0.813. The molecule has 0 heterocycles. The Balaban J connectivity index is 2.29. The Hall–Kier alpha value is -2.04. The molecule has 5 heteroatoms. The summed E-state index contributed by atoms with van der Waals surface area (Å²) < 4.78 is 5.31. The van der Waals surface area contributed by atoms with E-state index in [9.17, 15) is 9.59 Å². The molecule has 0 aromatic heterocycles. The summed E-state index contributed by atoms with van der Waals surface area (Å²) in [4.78, 5) is 21.9. The minimum atomic E-state index is -0.847. The van der Waals surface area contributed by atoms with Gasteiger partial charge in [0.05, 0.1) is 13.0 Å². The molecule has 0 bridgehead atoms. The number of aliphatic carboxylic acids is 1. The molecule has 0 aliphatic carbocycles. The summed E-state index contributed by atoms with van der Waals surface area (Å²) in [5, 5.41) is 11.2. The number of rotatable bonds is 8. The molecule has 104 valence electrons. The van der Waals surface area contributed by atoms with E-state index in [1.165, 1.54) is 0 Å². The summed E-state index contributed by atoms with van der Waals surface area (Å²) in [5.74, 6) is -0.163. The van der Waals surface area contributed by atoms with Crippen LogP contribution >= 0.6 is 0 Å². The molecule has 2 N–H and O–H groups in total. The average molecular weight is 265 g/mol. The number of amides is 1. The van der Waals surface area contributed by atoms with Crippen LogP contribution in [0.15, 0.2) is 24.3 Å². The zero-order chi connectivity index (χ0) is 14.1. The highest BCUT2D eigenvalue weighted by molar-refractivity contribution is 5.78. The molecule has 0 saturated heterocycles. The van der Waals surface area contributed by atoms with E-state index in [0.717, 1.165) is 11.3 Å². The number of carboxylic acid groups (broad SMARTS) is 1. The van der Waals surface area contributed by atoms with Crippen molar-refractivity contribution in [3.63, 3.8) is 0 Å². The maximum absolute atomic E-state index is 11.6. The number of carbonyl (C=O) groups is 2. The smallest absolute Gasteiger partial charge is 0.303 e. The highest BCUT2D eigenvalue weighted by Gasteiger charge is 2.04. The zero-order valence-corrected chi connectivity index (χ0v) is 11.0. The van der Waals surface area contributed by atoms with Gasteiger partial charge in [-0.1, -0.05) is 12.1 Å². The van der Waals surface area contributed by atoms with E-state index >= 15 is 0 Å². The number of benzene rings is 1. The van der Waals surface area contributed by atoms with Crippen LogP contribution in [-0.4, -0.2) is 30.1 Å². The molecule has 0 fully saturated rings. The van der Waals surface area contributed by atoms with E-state index in [0.29, 0.717) is 26.0 Å². The summed E-state index contributed by atoms with van der Waals surface area (Å²) in [7, 11) is 0. The third-order valence-corrected chi connectivity index (χ3v) is 2.49. The molecule has 0 atom stereocenters. The van der Waals surface area contributed by atoms with Crippen molar-refractivity contribution in [3.8, 4) is 5.75 Å². The SMILES string of the molecule is CCOc1ccc(CC(=O)NCCCC(=O)O)cc1. The molecule has 0 spiro atoms. The minimum absolute atomic E-state index is 0.0728. The maximum Gasteiger partial charge on any atom is 0.303 e. The van der Waals surface area contributed by atoms with Gasteiger partial charge in [-0.05, 0) is 31.0 Å². The van der Waals surface area contributed by atoms with E-state index in [4.69, 9.17) is 9.84 Å². The van der Waals surface area contributed by atoms with Crippen LogP contribution in [-0.2, 0) is 16.0 Å². The van der Waals surface area contributed by atoms with Crippen molar-refractivity contribution >= 4 is 11.9 Å². The van der Waals surface area contributed by atoms with E-state index in [1.807, 2.05) is 31.2 Å². The van der Waals surface area contributed by atoms with Gasteiger partial charge in [0, 0.05) is 13.0 Å². The van der Waals surface area contributed by atoms with Gasteiger partial charge in [-0.25, -0.2) is 0 Å². The molecule has 0 radical (unpaired) electrons. The normalized spacial score (nSPS) is 9.95. The van der Waals surface area contributed by atoms with Gasteiger partial charge in [-0.15, -0.1) is 0 Å². The minimum Gasteiger partial charge on any atom is -0.494 e. The molecule has 0 aliphatic heterocycles. The van der Waals surface area contributed by atoms with Gasteiger partial charge in [0.25, 0.3) is 0 Å². The molecule has 5 nitrogen and oxygen atoms in total. The van der Waals surface area contributed by atoms with Crippen molar-refractivity contribution in [1.82, 2.24) is 5.32 Å². The monoisotopic (exact) mass is 265 g/mol. The fraction of sp³-hybridized carbons (Fsp3) is 0.429. The van der Waals surface area contributed by atoms with Gasteiger partial charge in [0.2, 0.25) is 5.91 Å². The Kier molecular flexibility index (Phi) is 6.43. The predicted molar refractivity (Wildman–Crippen MR) is 71.2 cm³/mol. The molecule has 1 aromatic rings. The Morgan fingerprint density at radius 3 is 2.53 bits per heavy atom. The van der Waals surface area contributed by atoms with Crippen molar-refractivity contribution < 1.29 is 19.4 Å². The van der Waals surface area contributed by atoms with Crippen molar-refractivity contribution in [2.24, 2.45) is 0 Å². The van der Waals surface area contributed by atoms with Crippen molar-refractivity contribution in [2.45, 2.75) is 26.2 Å². The van der Waals surface area contributed by atoms with Crippen molar-refractivity contribution in [1.29, 1.82) is 0 Å². The van der Waals surface area contributed by atoms with Crippen molar-refractivity contribution in [2.75, 3.05) is 13.2 Å². The van der Waals surface area contributed by atoms with Crippen LogP contribution < -0.4 is 10.1 Å². The largest absolute Gasteiger partial charge is 0.494 e. The Morgan fingerprint density at radius 2 is 1.95 bits per heavy atom. The van der Waals surface area contributed by atoms with Crippen LogP contribution in [0.1, 0.15) is 25.3 Å². The maximum atomic E-state index is 11.6. The second-order valence-electron chi connectivity index (χ2n) is 4.10. The molecule has 0 unspecified atom stereocenters. The van der Waals surface area contributed by atoms with Gasteiger partial charge < -0.3 is 15.2 Å². The highest BCUT2D eigenvalue weighted by atomic mass is 16.5. The lowest BCUT2D eigenvalue weighted by atomic mass is 10.1. The van der Waals surface area contributed by atoms with E-state index in [2.05, 4.69) is 5.32 Å². The summed E-state index contributed by atoms with van der Waals surface area (Å²) >= 11 is 0. The third-order valence-electron chi connectivity index (χ3n) is 2.49. The molecule has 19 heavy (non-hydrogen) atoms. The Bertz CT molecular complexity index is 414. The van der Waals surface area contributed by atoms with E-state index in [1.54, 1.807) is 0 Å². The first-order valence-electron chi connectivity index (χ1n) is 6.32. The predicted octanol–water partition coefficient (Wildman–Crippen LogP) is 1.61. The fourth-order valence-corrected chi connectivity index (χ4v) is 1.59. The van der Waals surface area contributed by atoms with Crippen LogP contribution in [0.4, 0.5) is 0 Å². The Labute approximate surface area is 112 Å². The van der Waals surface area contributed by atoms with Crippen LogP contribution in [0.2, 0.25) is 0 Å². The first-order chi connectivity index (χ1) is 9.11. The third kappa shape index (κ3) is 6.45. The standard InChI is InChI=1S/C14H19NO4/c1-2-19-12-7-5-11(6-8-12)10-13(16)15-9-3-4-14(17)18/h5-8H,2-4,9-10H2,1H3,(H,15,16)(H,17,18). The van der Waals surface area contributed by atoms with E-state index in [-0.39, 0.29) is 12.3 Å². The second-order valence-corrected chi connectivity index (χ2v) is 4.10. The number of hydrogen-bond donors (Lipinski definition) is 2. The lowest BCUT2D eigenvalue weighted by molar-refractivity contribution is -0.137. The molecule has 1 amide bonds. The molecule has 0 saturated carbocycles.